The largest absolute Gasteiger partial charge is 0.348 e. The van der Waals surface area contributed by atoms with Crippen LogP contribution in [-0.4, -0.2) is 10.9 Å². The maximum Gasteiger partial charge on any atom is 0.248 e. The van der Waals surface area contributed by atoms with E-state index in [1.54, 1.807) is 6.08 Å². The fourth-order valence-corrected chi connectivity index (χ4v) is 2.94. The maximum absolute atomic E-state index is 12.2. The van der Waals surface area contributed by atoms with Crippen molar-refractivity contribution in [1.29, 1.82) is 0 Å². The van der Waals surface area contributed by atoms with Crippen LogP contribution in [0.15, 0.2) is 77.1 Å². The molecule has 0 radical (unpaired) electrons. The lowest BCUT2D eigenvalue weighted by atomic mass is 10.1. The van der Waals surface area contributed by atoms with E-state index < -0.39 is 0 Å². The average molecular weight is 346 g/mol. The topological polar surface area (TPSA) is 62.0 Å². The summed E-state index contributed by atoms with van der Waals surface area (Å²) in [6.07, 6.45) is 3.39. The van der Waals surface area contributed by atoms with Crippen molar-refractivity contribution in [2.45, 2.75) is 26.3 Å². The number of nitrogens with one attached hydrogen (secondary N) is 2. The highest BCUT2D eigenvalue weighted by Crippen LogP contribution is 2.14. The molecule has 0 aliphatic heterocycles. The minimum absolute atomic E-state index is 0.139. The number of hydrogen-bond acceptors (Lipinski definition) is 2. The number of pyridine rings is 1. The van der Waals surface area contributed by atoms with Crippen molar-refractivity contribution >= 4 is 16.8 Å². The summed E-state index contributed by atoms with van der Waals surface area (Å²) in [6.45, 7) is 2.29. The number of allylic oxidation sites excluding steroid dienone is 1. The molecule has 132 valence electrons. The quantitative estimate of drug-likeness (QED) is 0.668. The Kier molecular flexibility index (Phi) is 5.64. The molecule has 3 aromatic rings. The van der Waals surface area contributed by atoms with Crippen LogP contribution in [0.3, 0.4) is 0 Å². The summed E-state index contributed by atoms with van der Waals surface area (Å²) in [4.78, 5) is 26.8. The van der Waals surface area contributed by atoms with Gasteiger partial charge in [0.25, 0.3) is 0 Å². The van der Waals surface area contributed by atoms with E-state index in [1.165, 1.54) is 11.6 Å². The lowest BCUT2D eigenvalue weighted by Crippen LogP contribution is -2.22. The van der Waals surface area contributed by atoms with Crippen molar-refractivity contribution in [3.8, 4) is 0 Å². The second kappa shape index (κ2) is 8.30. The van der Waals surface area contributed by atoms with Crippen LogP contribution in [0, 0.1) is 0 Å². The van der Waals surface area contributed by atoms with Gasteiger partial charge in [0.1, 0.15) is 0 Å². The molecule has 1 heterocycles. The van der Waals surface area contributed by atoms with Gasteiger partial charge in [0, 0.05) is 29.6 Å². The molecule has 0 saturated carbocycles. The van der Waals surface area contributed by atoms with E-state index in [2.05, 4.69) is 22.4 Å². The summed E-state index contributed by atoms with van der Waals surface area (Å²) in [6, 6.07) is 19.3. The van der Waals surface area contributed by atoms with Gasteiger partial charge in [0.2, 0.25) is 11.5 Å². The molecule has 0 aliphatic carbocycles. The van der Waals surface area contributed by atoms with Crippen LogP contribution in [0.1, 0.15) is 24.5 Å². The number of carbonyl (C=O) groups excluding carboxylic acids is 1. The molecule has 1 amide bonds. The first kappa shape index (κ1) is 17.7. The first-order valence-electron chi connectivity index (χ1n) is 8.72. The standard InChI is InChI=1S/C22H22N2O2/c1-16(11-12-17-7-3-2-4-8-17)13-21(25)23-15-18-14-22(26)24-20-10-6-5-9-19(18)20/h2-10,13-14H,11-12,15H2,1H3,(H,23,25)(H,24,26)/b16-13+. The number of fused-ring (bicyclic) bond motifs is 1. The number of para-hydroxylation sites is 1. The first-order valence-corrected chi connectivity index (χ1v) is 8.72. The third kappa shape index (κ3) is 4.70. The Bertz CT molecular complexity index is 988. The molecule has 0 atom stereocenters. The van der Waals surface area contributed by atoms with Crippen LogP contribution < -0.4 is 10.9 Å². The molecular weight excluding hydrogens is 324 g/mol. The monoisotopic (exact) mass is 346 g/mol. The van der Waals surface area contributed by atoms with Gasteiger partial charge < -0.3 is 10.3 Å². The molecule has 0 saturated heterocycles. The van der Waals surface area contributed by atoms with Gasteiger partial charge in [-0.2, -0.15) is 0 Å². The van der Waals surface area contributed by atoms with Gasteiger partial charge in [-0.15, -0.1) is 0 Å². The first-order chi connectivity index (χ1) is 12.6. The van der Waals surface area contributed by atoms with E-state index in [4.69, 9.17) is 0 Å². The van der Waals surface area contributed by atoms with Crippen LogP contribution in [0.2, 0.25) is 0 Å². The van der Waals surface area contributed by atoms with Gasteiger partial charge in [-0.3, -0.25) is 9.59 Å². The molecule has 0 spiro atoms. The van der Waals surface area contributed by atoms with Crippen molar-refractivity contribution in [2.75, 3.05) is 0 Å². The fraction of sp³-hybridized carbons (Fsp3) is 0.182. The van der Waals surface area contributed by atoms with E-state index in [-0.39, 0.29) is 11.5 Å². The number of amides is 1. The summed E-state index contributed by atoms with van der Waals surface area (Å²) in [5.41, 5.74) is 3.71. The van der Waals surface area contributed by atoms with Crippen molar-refractivity contribution in [3.63, 3.8) is 0 Å². The third-order valence-corrected chi connectivity index (χ3v) is 4.32. The van der Waals surface area contributed by atoms with Crippen LogP contribution in [-0.2, 0) is 17.8 Å². The SMILES string of the molecule is C/C(=C\C(=O)NCc1cc(=O)[nH]c2ccccc12)CCc1ccccc1. The molecule has 2 aromatic carbocycles. The Morgan fingerprint density at radius 3 is 2.62 bits per heavy atom. The number of aromatic nitrogens is 1. The van der Waals surface area contributed by atoms with Crippen LogP contribution in [0.5, 0.6) is 0 Å². The molecule has 4 heteroatoms. The molecule has 26 heavy (non-hydrogen) atoms. The van der Waals surface area contributed by atoms with Gasteiger partial charge in [0.15, 0.2) is 0 Å². The number of H-pyrrole nitrogens is 1. The maximum atomic E-state index is 12.2. The molecule has 0 bridgehead atoms. The molecule has 0 unspecified atom stereocenters. The molecule has 2 N–H and O–H groups in total. The number of aromatic amines is 1. The fourth-order valence-electron chi connectivity index (χ4n) is 2.94. The summed E-state index contributed by atoms with van der Waals surface area (Å²) in [7, 11) is 0. The summed E-state index contributed by atoms with van der Waals surface area (Å²) in [5, 5.41) is 3.82. The molecule has 0 aliphatic rings. The predicted molar refractivity (Wildman–Crippen MR) is 105 cm³/mol. The van der Waals surface area contributed by atoms with E-state index in [1.807, 2.05) is 49.4 Å². The summed E-state index contributed by atoms with van der Waals surface area (Å²) >= 11 is 0. The number of carbonyl (C=O) groups is 1. The van der Waals surface area contributed by atoms with E-state index in [0.717, 1.165) is 34.9 Å². The highest BCUT2D eigenvalue weighted by Gasteiger charge is 2.05. The van der Waals surface area contributed by atoms with Gasteiger partial charge >= 0.3 is 0 Å². The van der Waals surface area contributed by atoms with Crippen LogP contribution >= 0.6 is 0 Å². The highest BCUT2D eigenvalue weighted by atomic mass is 16.1. The highest BCUT2D eigenvalue weighted by molar-refractivity contribution is 5.89. The lowest BCUT2D eigenvalue weighted by Gasteiger charge is -2.07. The van der Waals surface area contributed by atoms with E-state index in [9.17, 15) is 9.59 Å². The van der Waals surface area contributed by atoms with Gasteiger partial charge in [-0.25, -0.2) is 0 Å². The predicted octanol–water partition coefficient (Wildman–Crippen LogP) is 3.72. The zero-order valence-electron chi connectivity index (χ0n) is 14.8. The molecule has 4 nitrogen and oxygen atoms in total. The second-order valence-electron chi connectivity index (χ2n) is 6.40. The molecular formula is C22H22N2O2. The third-order valence-electron chi connectivity index (χ3n) is 4.32. The zero-order chi connectivity index (χ0) is 18.4. The Balaban J connectivity index is 1.61. The van der Waals surface area contributed by atoms with E-state index >= 15 is 0 Å². The van der Waals surface area contributed by atoms with E-state index in [0.29, 0.717) is 6.54 Å². The van der Waals surface area contributed by atoms with Crippen LogP contribution in [0.25, 0.3) is 10.9 Å². The Morgan fingerprint density at radius 1 is 1.08 bits per heavy atom. The van der Waals surface area contributed by atoms with Gasteiger partial charge in [0.05, 0.1) is 0 Å². The van der Waals surface area contributed by atoms with Crippen molar-refractivity contribution < 1.29 is 4.79 Å². The minimum Gasteiger partial charge on any atom is -0.348 e. The number of rotatable bonds is 6. The van der Waals surface area contributed by atoms with Crippen molar-refractivity contribution in [1.82, 2.24) is 10.3 Å². The lowest BCUT2D eigenvalue weighted by molar-refractivity contribution is -0.116. The number of benzene rings is 2. The van der Waals surface area contributed by atoms with Crippen molar-refractivity contribution in [2.24, 2.45) is 0 Å². The van der Waals surface area contributed by atoms with Crippen molar-refractivity contribution in [3.05, 3.63) is 93.8 Å². The minimum atomic E-state index is -0.164. The Morgan fingerprint density at radius 2 is 1.81 bits per heavy atom. The zero-order valence-corrected chi connectivity index (χ0v) is 14.8. The molecule has 0 fully saturated rings. The number of aryl methyl sites for hydroxylation is 1. The van der Waals surface area contributed by atoms with Crippen LogP contribution in [0.4, 0.5) is 0 Å². The van der Waals surface area contributed by atoms with Gasteiger partial charge in [-0.1, -0.05) is 54.1 Å². The molecule has 1 aromatic heterocycles. The Labute approximate surface area is 152 Å². The Hall–Kier alpha value is -3.14. The normalized spacial score (nSPS) is 11.5. The average Bonchev–Trinajstić information content (AvgIpc) is 2.65. The number of hydrogen-bond donors (Lipinski definition) is 2. The summed E-state index contributed by atoms with van der Waals surface area (Å²) in [5.74, 6) is -0.139. The van der Waals surface area contributed by atoms with Gasteiger partial charge in [-0.05, 0) is 37.0 Å². The molecule has 3 rings (SSSR count). The summed E-state index contributed by atoms with van der Waals surface area (Å²) < 4.78 is 0. The smallest absolute Gasteiger partial charge is 0.248 e. The second-order valence-corrected chi connectivity index (χ2v) is 6.40.